The third kappa shape index (κ3) is 3.81. The first-order chi connectivity index (χ1) is 15.0. The number of aliphatic hydroxyl groups is 2. The number of aliphatic hydroxyl groups excluding tert-OH is 2. The van der Waals surface area contributed by atoms with Gasteiger partial charge in [0.1, 0.15) is 11.9 Å². The molecule has 1 amide bonds. The second-order valence-electron chi connectivity index (χ2n) is 7.92. The first-order valence-electron chi connectivity index (χ1n) is 10.4. The fourth-order valence-electron chi connectivity index (χ4n) is 4.23. The summed E-state index contributed by atoms with van der Waals surface area (Å²) in [5.74, 6) is -0.0658. The van der Waals surface area contributed by atoms with Gasteiger partial charge in [-0.15, -0.1) is 0 Å². The van der Waals surface area contributed by atoms with Crippen molar-refractivity contribution in [3.63, 3.8) is 0 Å². The molecular weight excluding hydrogens is 396 g/mol. The predicted octanol–water partition coefficient (Wildman–Crippen LogP) is -0.0176. The van der Waals surface area contributed by atoms with Gasteiger partial charge in [0, 0.05) is 38.9 Å². The second kappa shape index (κ2) is 8.72. The maximum Gasteiger partial charge on any atom is 0.255 e. The summed E-state index contributed by atoms with van der Waals surface area (Å²) in [7, 11) is 0. The summed E-state index contributed by atoms with van der Waals surface area (Å²) >= 11 is 0. The minimum Gasteiger partial charge on any atom is -0.395 e. The second-order valence-corrected chi connectivity index (χ2v) is 7.92. The van der Waals surface area contributed by atoms with Crippen molar-refractivity contribution in [2.45, 2.75) is 12.5 Å². The summed E-state index contributed by atoms with van der Waals surface area (Å²) in [6.07, 6.45) is 3.10. The standard InChI is InChI=1S/C22H28N6O3/c1-16-18(21(31)27-9-7-26(8-10-27)11-12-29)13-28-19(16)20(24-15-25-28)22(23,14-30)17-5-3-2-4-6-17/h2-6,13,15,29-30H,7-12,14,23H2,1H3/t22-/m0/s1. The van der Waals surface area contributed by atoms with Crippen LogP contribution in [0.15, 0.2) is 42.9 Å². The number of rotatable bonds is 6. The summed E-state index contributed by atoms with van der Waals surface area (Å²) in [5.41, 5.74) is 8.55. The molecule has 0 spiro atoms. The highest BCUT2D eigenvalue weighted by molar-refractivity contribution is 5.98. The van der Waals surface area contributed by atoms with E-state index >= 15 is 0 Å². The summed E-state index contributed by atoms with van der Waals surface area (Å²) in [6, 6.07) is 9.31. The minimum atomic E-state index is -1.23. The maximum atomic E-state index is 13.3. The molecule has 1 atom stereocenters. The van der Waals surface area contributed by atoms with Crippen molar-refractivity contribution >= 4 is 11.4 Å². The van der Waals surface area contributed by atoms with E-state index in [4.69, 9.17) is 10.8 Å². The van der Waals surface area contributed by atoms with Gasteiger partial charge in [0.2, 0.25) is 0 Å². The molecule has 1 aliphatic heterocycles. The van der Waals surface area contributed by atoms with Crippen LogP contribution in [0.4, 0.5) is 0 Å². The molecule has 0 radical (unpaired) electrons. The fourth-order valence-corrected chi connectivity index (χ4v) is 4.23. The summed E-state index contributed by atoms with van der Waals surface area (Å²) < 4.78 is 1.62. The van der Waals surface area contributed by atoms with E-state index in [9.17, 15) is 9.90 Å². The van der Waals surface area contributed by atoms with Crippen LogP contribution in [0.2, 0.25) is 0 Å². The van der Waals surface area contributed by atoms with Gasteiger partial charge in [0.15, 0.2) is 0 Å². The molecule has 1 aromatic carbocycles. The van der Waals surface area contributed by atoms with Crippen LogP contribution < -0.4 is 5.73 Å². The van der Waals surface area contributed by atoms with Gasteiger partial charge >= 0.3 is 0 Å². The smallest absolute Gasteiger partial charge is 0.255 e. The maximum absolute atomic E-state index is 13.3. The first-order valence-corrected chi connectivity index (χ1v) is 10.4. The molecule has 9 nitrogen and oxygen atoms in total. The quantitative estimate of drug-likeness (QED) is 0.509. The zero-order valence-corrected chi connectivity index (χ0v) is 17.6. The molecule has 9 heteroatoms. The Bertz CT molecular complexity index is 1060. The monoisotopic (exact) mass is 424 g/mol. The van der Waals surface area contributed by atoms with Gasteiger partial charge in [-0.1, -0.05) is 30.3 Å². The molecule has 164 valence electrons. The minimum absolute atomic E-state index is 0.0658. The number of β-amino-alcohol motifs (C(OH)–C–C–N with tert-alkyl or cyclic N) is 1. The Morgan fingerprint density at radius 2 is 1.87 bits per heavy atom. The molecule has 4 N–H and O–H groups in total. The van der Waals surface area contributed by atoms with Crippen molar-refractivity contribution in [2.24, 2.45) is 5.73 Å². The molecule has 0 bridgehead atoms. The predicted molar refractivity (Wildman–Crippen MR) is 116 cm³/mol. The van der Waals surface area contributed by atoms with Crippen molar-refractivity contribution in [2.75, 3.05) is 45.9 Å². The number of nitrogens with two attached hydrogens (primary N) is 1. The van der Waals surface area contributed by atoms with E-state index in [-0.39, 0.29) is 19.1 Å². The lowest BCUT2D eigenvalue weighted by Gasteiger charge is -2.34. The van der Waals surface area contributed by atoms with Crippen molar-refractivity contribution in [3.8, 4) is 0 Å². The van der Waals surface area contributed by atoms with Crippen molar-refractivity contribution in [3.05, 3.63) is 65.2 Å². The SMILES string of the molecule is Cc1c(C(=O)N2CCN(CCO)CC2)cn2ncnc([C@](N)(CO)c3ccccc3)c12. The van der Waals surface area contributed by atoms with E-state index in [2.05, 4.69) is 15.0 Å². The number of benzene rings is 1. The van der Waals surface area contributed by atoms with Gasteiger partial charge in [0.05, 0.1) is 30.0 Å². The average molecular weight is 425 g/mol. The van der Waals surface area contributed by atoms with Crippen LogP contribution in [-0.4, -0.2) is 86.5 Å². The molecule has 0 unspecified atom stereocenters. The van der Waals surface area contributed by atoms with Gasteiger partial charge in [-0.2, -0.15) is 5.10 Å². The zero-order chi connectivity index (χ0) is 22.0. The van der Waals surface area contributed by atoms with Gasteiger partial charge < -0.3 is 20.8 Å². The lowest BCUT2D eigenvalue weighted by Crippen LogP contribution is -2.49. The van der Waals surface area contributed by atoms with Crippen molar-refractivity contribution in [1.82, 2.24) is 24.4 Å². The Kier molecular flexibility index (Phi) is 6.01. The summed E-state index contributed by atoms with van der Waals surface area (Å²) in [6.45, 7) is 4.92. The Hall–Kier alpha value is -2.85. The molecule has 4 rings (SSSR count). The number of nitrogens with zero attached hydrogens (tertiary/aromatic N) is 5. The van der Waals surface area contributed by atoms with E-state index in [0.29, 0.717) is 36.4 Å². The van der Waals surface area contributed by atoms with E-state index in [1.54, 1.807) is 10.7 Å². The topological polar surface area (TPSA) is 120 Å². The fraction of sp³-hybridized carbons (Fsp3) is 0.409. The Morgan fingerprint density at radius 1 is 1.16 bits per heavy atom. The molecule has 0 saturated carbocycles. The Morgan fingerprint density at radius 3 is 2.52 bits per heavy atom. The van der Waals surface area contributed by atoms with Crippen molar-refractivity contribution < 1.29 is 15.0 Å². The van der Waals surface area contributed by atoms with Crippen LogP contribution in [0.1, 0.15) is 27.2 Å². The summed E-state index contributed by atoms with van der Waals surface area (Å²) in [5, 5.41) is 23.6. The van der Waals surface area contributed by atoms with Gasteiger partial charge in [-0.25, -0.2) is 9.50 Å². The molecule has 3 heterocycles. The van der Waals surface area contributed by atoms with Crippen LogP contribution in [0.25, 0.3) is 5.52 Å². The first kappa shape index (κ1) is 21.4. The highest BCUT2D eigenvalue weighted by atomic mass is 16.3. The largest absolute Gasteiger partial charge is 0.395 e. The van der Waals surface area contributed by atoms with E-state index in [1.165, 1.54) is 6.33 Å². The molecule has 3 aromatic rings. The lowest BCUT2D eigenvalue weighted by atomic mass is 9.87. The summed E-state index contributed by atoms with van der Waals surface area (Å²) in [4.78, 5) is 21.7. The highest BCUT2D eigenvalue weighted by Crippen LogP contribution is 2.31. The van der Waals surface area contributed by atoms with Gasteiger partial charge in [-0.3, -0.25) is 9.69 Å². The third-order valence-corrected chi connectivity index (χ3v) is 6.09. The Labute approximate surface area is 180 Å². The van der Waals surface area contributed by atoms with Crippen LogP contribution in [0.3, 0.4) is 0 Å². The average Bonchev–Trinajstić information content (AvgIpc) is 3.16. The van der Waals surface area contributed by atoms with Crippen molar-refractivity contribution in [1.29, 1.82) is 0 Å². The van der Waals surface area contributed by atoms with Crippen LogP contribution in [0, 0.1) is 6.92 Å². The number of piperazine rings is 1. The van der Waals surface area contributed by atoms with Crippen LogP contribution >= 0.6 is 0 Å². The number of carbonyl (C=O) groups is 1. The number of carbonyl (C=O) groups excluding carboxylic acids is 1. The Balaban J connectivity index is 1.71. The molecule has 1 fully saturated rings. The number of hydrogen-bond acceptors (Lipinski definition) is 7. The molecule has 31 heavy (non-hydrogen) atoms. The molecule has 0 aliphatic carbocycles. The zero-order valence-electron chi connectivity index (χ0n) is 17.6. The van der Waals surface area contributed by atoms with E-state index in [0.717, 1.165) is 24.2 Å². The lowest BCUT2D eigenvalue weighted by molar-refractivity contribution is 0.0614. The molecular formula is C22H28N6O3. The molecule has 2 aromatic heterocycles. The number of fused-ring (bicyclic) bond motifs is 1. The normalized spacial score (nSPS) is 17.1. The van der Waals surface area contributed by atoms with E-state index in [1.807, 2.05) is 42.2 Å². The number of hydrogen-bond donors (Lipinski definition) is 3. The number of aromatic nitrogens is 3. The third-order valence-electron chi connectivity index (χ3n) is 6.09. The molecule has 1 aliphatic rings. The van der Waals surface area contributed by atoms with Crippen LogP contribution in [0.5, 0.6) is 0 Å². The number of aryl methyl sites for hydroxylation is 1. The van der Waals surface area contributed by atoms with Gasteiger partial charge in [-0.05, 0) is 18.1 Å². The number of amides is 1. The highest BCUT2D eigenvalue weighted by Gasteiger charge is 2.35. The van der Waals surface area contributed by atoms with E-state index < -0.39 is 5.54 Å². The molecule has 1 saturated heterocycles. The van der Waals surface area contributed by atoms with Gasteiger partial charge in [0.25, 0.3) is 5.91 Å². The van der Waals surface area contributed by atoms with Crippen LogP contribution in [-0.2, 0) is 5.54 Å².